The maximum Gasteiger partial charge on any atom is 0.225 e. The second-order valence-electron chi connectivity index (χ2n) is 8.19. The standard InChI is InChI=1S/C22H31N5S/c1-15-8-13-18(28-15)14-23-16-9-11-17(12-10-16)24-22-25-20-7-5-4-6-19(20)21(26-22)27(2)3/h4-7,13,15-17,23H,8-12,14H2,1-3H3,(H,24,25,26)/t15?,16-,17+. The minimum atomic E-state index is 0.453. The maximum absolute atomic E-state index is 4.79. The molecule has 2 N–H and O–H groups in total. The van der Waals surface area contributed by atoms with Crippen LogP contribution in [0.5, 0.6) is 0 Å². The Morgan fingerprint density at radius 1 is 1.07 bits per heavy atom. The van der Waals surface area contributed by atoms with Crippen molar-refractivity contribution in [3.05, 3.63) is 35.2 Å². The van der Waals surface area contributed by atoms with Crippen LogP contribution >= 0.6 is 11.8 Å². The van der Waals surface area contributed by atoms with E-state index in [2.05, 4.69) is 40.7 Å². The highest BCUT2D eigenvalue weighted by atomic mass is 32.2. The van der Waals surface area contributed by atoms with Crippen molar-refractivity contribution < 1.29 is 0 Å². The summed E-state index contributed by atoms with van der Waals surface area (Å²) in [4.78, 5) is 13.1. The lowest BCUT2D eigenvalue weighted by molar-refractivity contribution is 0.362. The van der Waals surface area contributed by atoms with E-state index in [-0.39, 0.29) is 0 Å². The van der Waals surface area contributed by atoms with Crippen molar-refractivity contribution in [1.82, 2.24) is 15.3 Å². The van der Waals surface area contributed by atoms with Crippen LogP contribution in [0.4, 0.5) is 11.8 Å². The molecular weight excluding hydrogens is 366 g/mol. The van der Waals surface area contributed by atoms with Crippen LogP contribution in [0.25, 0.3) is 10.9 Å². The van der Waals surface area contributed by atoms with E-state index >= 15 is 0 Å². The van der Waals surface area contributed by atoms with Gasteiger partial charge in [-0.05, 0) is 49.1 Å². The second-order valence-corrected chi connectivity index (χ2v) is 9.76. The minimum absolute atomic E-state index is 0.453. The summed E-state index contributed by atoms with van der Waals surface area (Å²) in [5.41, 5.74) is 0.996. The average molecular weight is 398 g/mol. The Morgan fingerprint density at radius 3 is 2.54 bits per heavy atom. The van der Waals surface area contributed by atoms with Gasteiger partial charge in [0.1, 0.15) is 5.82 Å². The van der Waals surface area contributed by atoms with Crippen molar-refractivity contribution in [1.29, 1.82) is 0 Å². The fraction of sp³-hybridized carbons (Fsp3) is 0.545. The van der Waals surface area contributed by atoms with Crippen LogP contribution in [0.15, 0.2) is 35.2 Å². The molecule has 0 radical (unpaired) electrons. The van der Waals surface area contributed by atoms with Gasteiger partial charge < -0.3 is 15.5 Å². The number of nitrogens with one attached hydrogen (secondary N) is 2. The number of thioether (sulfide) groups is 1. The first-order chi connectivity index (χ1) is 13.6. The van der Waals surface area contributed by atoms with Crippen LogP contribution in [-0.2, 0) is 0 Å². The number of para-hydroxylation sites is 1. The van der Waals surface area contributed by atoms with Gasteiger partial charge in [-0.15, -0.1) is 11.8 Å². The van der Waals surface area contributed by atoms with Gasteiger partial charge >= 0.3 is 0 Å². The van der Waals surface area contributed by atoms with Gasteiger partial charge in [-0.25, -0.2) is 4.98 Å². The Balaban J connectivity index is 1.33. The lowest BCUT2D eigenvalue weighted by Crippen LogP contribution is -2.37. The highest BCUT2D eigenvalue weighted by Gasteiger charge is 2.23. The third kappa shape index (κ3) is 4.61. The van der Waals surface area contributed by atoms with Crippen LogP contribution < -0.4 is 15.5 Å². The number of hydrogen-bond donors (Lipinski definition) is 2. The Bertz CT molecular complexity index is 842. The van der Waals surface area contributed by atoms with Crippen LogP contribution in [0.3, 0.4) is 0 Å². The zero-order chi connectivity index (χ0) is 19.5. The van der Waals surface area contributed by atoms with Crippen LogP contribution in [0.2, 0.25) is 0 Å². The molecular formula is C22H31N5S. The predicted molar refractivity (Wildman–Crippen MR) is 121 cm³/mol. The van der Waals surface area contributed by atoms with Crippen LogP contribution in [0, 0.1) is 0 Å². The van der Waals surface area contributed by atoms with Crippen molar-refractivity contribution >= 4 is 34.4 Å². The van der Waals surface area contributed by atoms with Gasteiger partial charge in [0.2, 0.25) is 5.95 Å². The summed E-state index contributed by atoms with van der Waals surface area (Å²) in [6, 6.07) is 9.31. The SMILES string of the molecule is CC1CC=C(CN[C@H]2CC[C@@H](Nc3nc(N(C)C)c4ccccc4n3)CC2)S1. The Morgan fingerprint density at radius 2 is 1.82 bits per heavy atom. The molecule has 1 aliphatic carbocycles. The summed E-state index contributed by atoms with van der Waals surface area (Å²) in [5, 5.41) is 9.21. The fourth-order valence-electron chi connectivity index (χ4n) is 4.10. The van der Waals surface area contributed by atoms with Crippen molar-refractivity contribution in [3.8, 4) is 0 Å². The molecule has 2 heterocycles. The number of benzene rings is 1. The number of aromatic nitrogens is 2. The molecule has 0 bridgehead atoms. The zero-order valence-corrected chi connectivity index (χ0v) is 17.9. The van der Waals surface area contributed by atoms with E-state index in [1.807, 2.05) is 38.0 Å². The summed E-state index contributed by atoms with van der Waals surface area (Å²) in [7, 11) is 4.07. The first kappa shape index (κ1) is 19.5. The molecule has 5 nitrogen and oxygen atoms in total. The molecule has 0 amide bonds. The van der Waals surface area contributed by atoms with Gasteiger partial charge in [-0.1, -0.05) is 25.1 Å². The minimum Gasteiger partial charge on any atom is -0.362 e. The number of rotatable bonds is 6. The highest BCUT2D eigenvalue weighted by molar-refractivity contribution is 8.03. The molecule has 28 heavy (non-hydrogen) atoms. The molecule has 1 aromatic heterocycles. The smallest absolute Gasteiger partial charge is 0.225 e. The van der Waals surface area contributed by atoms with Gasteiger partial charge in [0.15, 0.2) is 0 Å². The molecule has 150 valence electrons. The van der Waals surface area contributed by atoms with Gasteiger partial charge in [0, 0.05) is 43.4 Å². The summed E-state index contributed by atoms with van der Waals surface area (Å²) in [6.07, 6.45) is 8.36. The molecule has 2 aliphatic rings. The van der Waals surface area contributed by atoms with Crippen molar-refractivity contribution in [2.75, 3.05) is 30.9 Å². The lowest BCUT2D eigenvalue weighted by atomic mass is 9.91. The van der Waals surface area contributed by atoms with E-state index in [1.54, 1.807) is 0 Å². The molecule has 1 aliphatic heterocycles. The van der Waals surface area contributed by atoms with E-state index < -0.39 is 0 Å². The summed E-state index contributed by atoms with van der Waals surface area (Å²) in [6.45, 7) is 3.35. The van der Waals surface area contributed by atoms with E-state index in [9.17, 15) is 0 Å². The zero-order valence-electron chi connectivity index (χ0n) is 17.1. The normalized spacial score (nSPS) is 25.0. The molecule has 4 rings (SSSR count). The third-order valence-corrected chi connectivity index (χ3v) is 6.87. The van der Waals surface area contributed by atoms with Gasteiger partial charge in [0.25, 0.3) is 0 Å². The summed E-state index contributed by atoms with van der Waals surface area (Å²) < 4.78 is 0. The number of nitrogens with zero attached hydrogens (tertiary/aromatic N) is 3. The quantitative estimate of drug-likeness (QED) is 0.753. The number of allylic oxidation sites excluding steroid dienone is 1. The first-order valence-corrected chi connectivity index (χ1v) is 11.3. The Hall–Kier alpha value is -1.79. The Labute approximate surface area is 172 Å². The molecule has 2 aromatic rings. The second kappa shape index (κ2) is 8.70. The van der Waals surface area contributed by atoms with Crippen LogP contribution in [0.1, 0.15) is 39.0 Å². The van der Waals surface area contributed by atoms with Gasteiger partial charge in [0.05, 0.1) is 5.52 Å². The van der Waals surface area contributed by atoms with Crippen molar-refractivity contribution in [2.24, 2.45) is 0 Å². The average Bonchev–Trinajstić information content (AvgIpc) is 3.12. The lowest BCUT2D eigenvalue weighted by Gasteiger charge is -2.30. The molecule has 1 aromatic carbocycles. The van der Waals surface area contributed by atoms with E-state index in [1.165, 1.54) is 24.2 Å². The number of fused-ring (bicyclic) bond motifs is 1. The van der Waals surface area contributed by atoms with Gasteiger partial charge in [-0.3, -0.25) is 0 Å². The molecule has 1 atom stereocenters. The molecule has 0 saturated heterocycles. The van der Waals surface area contributed by atoms with Crippen molar-refractivity contribution in [3.63, 3.8) is 0 Å². The van der Waals surface area contributed by atoms with Crippen LogP contribution in [-0.4, -0.2) is 47.9 Å². The largest absolute Gasteiger partial charge is 0.362 e. The topological polar surface area (TPSA) is 53.1 Å². The molecule has 1 unspecified atom stereocenters. The highest BCUT2D eigenvalue weighted by Crippen LogP contribution is 2.31. The molecule has 1 fully saturated rings. The van der Waals surface area contributed by atoms with E-state index in [4.69, 9.17) is 9.97 Å². The van der Waals surface area contributed by atoms with Gasteiger partial charge in [-0.2, -0.15) is 4.98 Å². The monoisotopic (exact) mass is 397 g/mol. The molecule has 1 saturated carbocycles. The van der Waals surface area contributed by atoms with Crippen molar-refractivity contribution in [2.45, 2.75) is 56.4 Å². The summed E-state index contributed by atoms with van der Waals surface area (Å²) >= 11 is 2.03. The number of hydrogen-bond acceptors (Lipinski definition) is 6. The molecule has 0 spiro atoms. The number of anilines is 2. The third-order valence-electron chi connectivity index (χ3n) is 5.66. The van der Waals surface area contributed by atoms with E-state index in [0.717, 1.165) is 47.3 Å². The Kier molecular flexibility index (Phi) is 6.07. The van der Waals surface area contributed by atoms with E-state index in [0.29, 0.717) is 12.1 Å². The first-order valence-electron chi connectivity index (χ1n) is 10.4. The fourth-order valence-corrected chi connectivity index (χ4v) is 5.17. The summed E-state index contributed by atoms with van der Waals surface area (Å²) in [5.74, 6) is 1.72. The predicted octanol–water partition coefficient (Wildman–Crippen LogP) is 4.42. The molecule has 6 heteroatoms. The maximum atomic E-state index is 4.79.